The van der Waals surface area contributed by atoms with E-state index in [-0.39, 0.29) is 0 Å². The molecule has 4 N–H and O–H groups in total. The second-order valence-corrected chi connectivity index (χ2v) is 5.25. The van der Waals surface area contributed by atoms with Crippen molar-refractivity contribution < 1.29 is 5.11 Å². The van der Waals surface area contributed by atoms with Crippen LogP contribution >= 0.6 is 0 Å². The molecule has 0 amide bonds. The summed E-state index contributed by atoms with van der Waals surface area (Å²) >= 11 is 0. The van der Waals surface area contributed by atoms with Crippen LogP contribution < -0.4 is 11.1 Å². The van der Waals surface area contributed by atoms with Crippen molar-refractivity contribution in [1.82, 2.24) is 19.5 Å². The zero-order valence-electron chi connectivity index (χ0n) is 12.0. The Kier molecular flexibility index (Phi) is 3.74. The van der Waals surface area contributed by atoms with E-state index >= 15 is 0 Å². The molecule has 2 heterocycles. The summed E-state index contributed by atoms with van der Waals surface area (Å²) in [5, 5.41) is 10.4. The van der Waals surface area contributed by atoms with E-state index in [0.29, 0.717) is 18.0 Å². The van der Waals surface area contributed by atoms with Crippen LogP contribution in [0.25, 0.3) is 11.2 Å². The first-order valence-electron chi connectivity index (χ1n) is 7.19. The topological polar surface area (TPSA) is 102 Å². The number of hydrogen-bond donors (Lipinski definition) is 3. The number of nitrogens with zero attached hydrogens (tertiary/aromatic N) is 4. The minimum absolute atomic E-state index is 0.305. The summed E-state index contributed by atoms with van der Waals surface area (Å²) in [4.78, 5) is 13.1. The van der Waals surface area contributed by atoms with E-state index in [9.17, 15) is 0 Å². The van der Waals surface area contributed by atoms with E-state index in [0.717, 1.165) is 36.9 Å². The molecule has 2 aromatic heterocycles. The number of allylic oxidation sites excluding steroid dienone is 2. The molecule has 21 heavy (non-hydrogen) atoms. The summed E-state index contributed by atoms with van der Waals surface area (Å²) in [5.41, 5.74) is 7.47. The Balaban J connectivity index is 0.000000636. The van der Waals surface area contributed by atoms with Crippen molar-refractivity contribution in [2.75, 3.05) is 18.2 Å². The van der Waals surface area contributed by atoms with Crippen LogP contribution in [0, 0.1) is 0 Å². The molecular weight excluding hydrogens is 268 g/mol. The van der Waals surface area contributed by atoms with Gasteiger partial charge in [0.15, 0.2) is 17.0 Å². The van der Waals surface area contributed by atoms with E-state index in [4.69, 9.17) is 10.8 Å². The quantitative estimate of drug-likeness (QED) is 0.739. The lowest BCUT2D eigenvalue weighted by molar-refractivity contribution is 0.399. The smallest absolute Gasteiger partial charge is 0.224 e. The highest BCUT2D eigenvalue weighted by atomic mass is 16.2. The molecule has 0 saturated heterocycles. The number of fused-ring (bicyclic) bond motifs is 1. The maximum Gasteiger partial charge on any atom is 0.224 e. The summed E-state index contributed by atoms with van der Waals surface area (Å²) in [5.74, 6) is 1.07. The largest absolute Gasteiger partial charge is 0.400 e. The zero-order valence-corrected chi connectivity index (χ0v) is 12.0. The number of hydrogen-bond acceptors (Lipinski definition) is 6. The molecule has 0 spiro atoms. The van der Waals surface area contributed by atoms with Crippen LogP contribution in [0.2, 0.25) is 0 Å². The molecule has 4 rings (SSSR count). The van der Waals surface area contributed by atoms with Gasteiger partial charge in [0.25, 0.3) is 0 Å². The van der Waals surface area contributed by atoms with Gasteiger partial charge in [0.05, 0.1) is 12.4 Å². The second kappa shape index (κ2) is 5.69. The normalized spacial score (nSPS) is 20.4. The lowest BCUT2D eigenvalue weighted by Gasteiger charge is -2.11. The third kappa shape index (κ3) is 2.69. The molecule has 0 bridgehead atoms. The number of aliphatic hydroxyl groups excluding tert-OH is 1. The number of rotatable bonds is 3. The van der Waals surface area contributed by atoms with E-state index in [1.165, 1.54) is 12.8 Å². The predicted octanol–water partition coefficient (Wildman–Crippen LogP) is 1.48. The first-order valence-corrected chi connectivity index (χ1v) is 7.19. The van der Waals surface area contributed by atoms with Crippen LogP contribution in [0.15, 0.2) is 18.5 Å². The standard InChI is InChI=1S/C13H16N6.CH4O/c14-13-17-11(16-8-5-6-8)10-12(18-13)19(7-15-10)9-3-1-2-4-9;1-2/h1,3,7-9H,2,4-6H2,(H3,14,16,17,18);2H,1H3/t9-;/m0./s1. The molecule has 1 atom stereocenters. The molecule has 1 fully saturated rings. The van der Waals surface area contributed by atoms with E-state index < -0.39 is 0 Å². The van der Waals surface area contributed by atoms with Gasteiger partial charge >= 0.3 is 0 Å². The molecule has 2 aliphatic rings. The lowest BCUT2D eigenvalue weighted by Crippen LogP contribution is -2.09. The Hall–Kier alpha value is -2.15. The van der Waals surface area contributed by atoms with Crippen molar-refractivity contribution >= 4 is 22.9 Å². The minimum Gasteiger partial charge on any atom is -0.400 e. The van der Waals surface area contributed by atoms with Crippen LogP contribution in [-0.4, -0.2) is 37.8 Å². The van der Waals surface area contributed by atoms with Gasteiger partial charge < -0.3 is 20.7 Å². The number of nitrogen functional groups attached to an aromatic ring is 1. The summed E-state index contributed by atoms with van der Waals surface area (Å²) in [6, 6.07) is 0.863. The molecule has 7 heteroatoms. The molecule has 7 nitrogen and oxygen atoms in total. The zero-order chi connectivity index (χ0) is 14.8. The van der Waals surface area contributed by atoms with Gasteiger partial charge in [0, 0.05) is 13.2 Å². The fourth-order valence-electron chi connectivity index (χ4n) is 2.55. The molecule has 0 aliphatic heterocycles. The highest BCUT2D eigenvalue weighted by Gasteiger charge is 2.24. The summed E-state index contributed by atoms with van der Waals surface area (Å²) in [6.45, 7) is 0. The first-order chi connectivity index (χ1) is 10.3. The molecule has 2 aliphatic carbocycles. The highest BCUT2D eigenvalue weighted by molar-refractivity contribution is 5.84. The van der Waals surface area contributed by atoms with Crippen molar-refractivity contribution in [2.24, 2.45) is 0 Å². The fourth-order valence-corrected chi connectivity index (χ4v) is 2.55. The maximum absolute atomic E-state index is 7.00. The van der Waals surface area contributed by atoms with Crippen LogP contribution in [-0.2, 0) is 0 Å². The van der Waals surface area contributed by atoms with Crippen molar-refractivity contribution in [1.29, 1.82) is 0 Å². The number of nitrogens with one attached hydrogen (secondary N) is 1. The Bertz CT molecular complexity index is 661. The van der Waals surface area contributed by atoms with Crippen molar-refractivity contribution in [3.05, 3.63) is 18.5 Å². The van der Waals surface area contributed by atoms with Gasteiger partial charge in [-0.1, -0.05) is 12.2 Å². The Morgan fingerprint density at radius 2 is 2.10 bits per heavy atom. The molecule has 112 valence electrons. The molecule has 0 unspecified atom stereocenters. The van der Waals surface area contributed by atoms with Crippen molar-refractivity contribution in [3.63, 3.8) is 0 Å². The Morgan fingerprint density at radius 3 is 2.76 bits per heavy atom. The monoisotopic (exact) mass is 288 g/mol. The van der Waals surface area contributed by atoms with Gasteiger partial charge in [-0.05, 0) is 25.7 Å². The third-order valence-electron chi connectivity index (χ3n) is 3.70. The third-order valence-corrected chi connectivity index (χ3v) is 3.70. The number of anilines is 2. The second-order valence-electron chi connectivity index (χ2n) is 5.25. The maximum atomic E-state index is 7.00. The van der Waals surface area contributed by atoms with E-state index in [1.54, 1.807) is 0 Å². The minimum atomic E-state index is 0.305. The summed E-state index contributed by atoms with van der Waals surface area (Å²) in [6.07, 6.45) is 10.8. The molecule has 0 aromatic carbocycles. The van der Waals surface area contributed by atoms with Gasteiger partial charge in [-0.15, -0.1) is 0 Å². The predicted molar refractivity (Wildman–Crippen MR) is 81.9 cm³/mol. The number of imidazole rings is 1. The van der Waals surface area contributed by atoms with Gasteiger partial charge in [0.1, 0.15) is 0 Å². The number of aromatic nitrogens is 4. The SMILES string of the molecule is CO.Nc1nc(NC2CC2)c2ncn([C@H]3C=CCC3)c2n1. The van der Waals surface area contributed by atoms with Crippen LogP contribution in [0.1, 0.15) is 31.7 Å². The summed E-state index contributed by atoms with van der Waals surface area (Å²) in [7, 11) is 1.00. The van der Waals surface area contributed by atoms with Crippen LogP contribution in [0.3, 0.4) is 0 Å². The number of nitrogens with two attached hydrogens (primary N) is 1. The molecular formula is C14H20N6O. The average Bonchev–Trinajstić information content (AvgIpc) is 3.00. The average molecular weight is 288 g/mol. The van der Waals surface area contributed by atoms with Crippen LogP contribution in [0.4, 0.5) is 11.8 Å². The summed E-state index contributed by atoms with van der Waals surface area (Å²) < 4.78 is 2.09. The molecule has 0 radical (unpaired) electrons. The van der Waals surface area contributed by atoms with Crippen molar-refractivity contribution in [3.8, 4) is 0 Å². The van der Waals surface area contributed by atoms with Gasteiger partial charge in [-0.25, -0.2) is 4.98 Å². The van der Waals surface area contributed by atoms with Gasteiger partial charge in [0.2, 0.25) is 5.95 Å². The first kappa shape index (κ1) is 13.8. The Morgan fingerprint density at radius 1 is 1.29 bits per heavy atom. The van der Waals surface area contributed by atoms with E-state index in [2.05, 4.69) is 37.0 Å². The highest BCUT2D eigenvalue weighted by Crippen LogP contribution is 2.30. The lowest BCUT2D eigenvalue weighted by atomic mass is 10.2. The molecule has 1 saturated carbocycles. The molecule has 2 aromatic rings. The fraction of sp³-hybridized carbons (Fsp3) is 0.500. The Labute approximate surface area is 122 Å². The van der Waals surface area contributed by atoms with E-state index in [1.807, 2.05) is 6.33 Å². The van der Waals surface area contributed by atoms with Gasteiger partial charge in [-0.3, -0.25) is 0 Å². The number of aliphatic hydroxyl groups is 1. The van der Waals surface area contributed by atoms with Gasteiger partial charge in [-0.2, -0.15) is 9.97 Å². The van der Waals surface area contributed by atoms with Crippen LogP contribution in [0.5, 0.6) is 0 Å². The van der Waals surface area contributed by atoms with Crippen molar-refractivity contribution in [2.45, 2.75) is 37.8 Å².